The molecule has 2 amide bonds. The Morgan fingerprint density at radius 2 is 1.93 bits per heavy atom. The van der Waals surface area contributed by atoms with E-state index in [4.69, 9.17) is 5.73 Å². The van der Waals surface area contributed by atoms with Crippen LogP contribution in [-0.2, 0) is 9.59 Å². The lowest BCUT2D eigenvalue weighted by molar-refractivity contribution is -0.114. The fraction of sp³-hybridized carbons (Fsp3) is 0.188. The number of anilines is 3. The summed E-state index contributed by atoms with van der Waals surface area (Å²) in [7, 11) is 0. The molecule has 0 spiro atoms. The minimum Gasteiger partial charge on any atom is -0.394 e. The maximum atomic E-state index is 12.2. The summed E-state index contributed by atoms with van der Waals surface area (Å²) in [5.74, 6) is 0.417. The molecule has 154 valence electrons. The number of hydrogen-bond donors (Lipinski definition) is 3. The molecule has 2 aromatic heterocycles. The van der Waals surface area contributed by atoms with Gasteiger partial charge in [0.2, 0.25) is 22.4 Å². The third-order valence-corrected chi connectivity index (χ3v) is 6.65. The summed E-state index contributed by atoms with van der Waals surface area (Å²) in [6, 6.07) is 9.20. The number of hydrogen-bond acceptors (Lipinski definition) is 11. The van der Waals surface area contributed by atoms with Gasteiger partial charge < -0.3 is 11.1 Å². The van der Waals surface area contributed by atoms with E-state index in [9.17, 15) is 9.59 Å². The number of nitrogens with one attached hydrogen (secondary N) is 2. The van der Waals surface area contributed by atoms with Crippen LogP contribution in [0.15, 0.2) is 51.1 Å². The van der Waals surface area contributed by atoms with E-state index in [1.54, 1.807) is 4.68 Å². The molecule has 0 radical (unpaired) electrons. The number of rotatable bonds is 8. The van der Waals surface area contributed by atoms with Gasteiger partial charge in [-0.1, -0.05) is 53.1 Å². The number of thioether (sulfide) groups is 2. The first kappa shape index (κ1) is 20.3. The first-order valence-electron chi connectivity index (χ1n) is 8.55. The predicted octanol–water partition coefficient (Wildman–Crippen LogP) is 2.97. The normalized spacial score (nSPS) is 14.5. The fourth-order valence-corrected chi connectivity index (χ4v) is 4.71. The minimum atomic E-state index is -0.424. The number of benzene rings is 1. The van der Waals surface area contributed by atoms with Crippen molar-refractivity contribution in [3.05, 3.63) is 36.5 Å². The Morgan fingerprint density at radius 1 is 1.13 bits per heavy atom. The summed E-state index contributed by atoms with van der Waals surface area (Å²) in [4.78, 5) is 24.2. The van der Waals surface area contributed by atoms with Crippen LogP contribution in [0.2, 0.25) is 0 Å². The number of nitrogens with zero attached hydrogens (tertiary/aromatic N) is 6. The average molecular weight is 462 g/mol. The van der Waals surface area contributed by atoms with Crippen molar-refractivity contribution in [2.24, 2.45) is 10.2 Å². The van der Waals surface area contributed by atoms with E-state index in [1.165, 1.54) is 41.1 Å². The fourth-order valence-electron chi connectivity index (χ4n) is 2.36. The molecule has 30 heavy (non-hydrogen) atoms. The Bertz CT molecular complexity index is 1080. The Hall–Kier alpha value is -2.97. The molecule has 0 saturated carbocycles. The molecule has 0 fully saturated rings. The van der Waals surface area contributed by atoms with Crippen molar-refractivity contribution in [3.63, 3.8) is 0 Å². The lowest BCUT2D eigenvalue weighted by Gasteiger charge is -2.06. The second kappa shape index (κ2) is 9.23. The second-order valence-corrected chi connectivity index (χ2v) is 9.09. The van der Waals surface area contributed by atoms with Crippen LogP contribution in [0.3, 0.4) is 0 Å². The molecule has 14 heteroatoms. The summed E-state index contributed by atoms with van der Waals surface area (Å²) in [5, 5.41) is 25.9. The highest BCUT2D eigenvalue weighted by atomic mass is 32.2. The van der Waals surface area contributed by atoms with Gasteiger partial charge in [-0.2, -0.15) is 5.10 Å². The third kappa shape index (κ3) is 4.95. The van der Waals surface area contributed by atoms with Gasteiger partial charge in [0.1, 0.15) is 0 Å². The smallest absolute Gasteiger partial charge is 0.236 e. The molecule has 11 nitrogen and oxygen atoms in total. The molecule has 0 bridgehead atoms. The summed E-state index contributed by atoms with van der Waals surface area (Å²) in [6.45, 7) is 0. The largest absolute Gasteiger partial charge is 0.394 e. The quantitative estimate of drug-likeness (QED) is 0.342. The van der Waals surface area contributed by atoms with Crippen LogP contribution in [0.1, 0.15) is 5.50 Å². The molecule has 1 aromatic carbocycles. The number of aromatic nitrogens is 4. The molecule has 4 N–H and O–H groups in total. The Morgan fingerprint density at radius 3 is 2.77 bits per heavy atom. The highest BCUT2D eigenvalue weighted by Gasteiger charge is 2.24. The van der Waals surface area contributed by atoms with Gasteiger partial charge in [-0.05, 0) is 12.1 Å². The van der Waals surface area contributed by atoms with E-state index < -0.39 is 5.50 Å². The molecule has 3 heterocycles. The van der Waals surface area contributed by atoms with Crippen LogP contribution >= 0.6 is 34.9 Å². The van der Waals surface area contributed by atoms with Crippen LogP contribution in [0.5, 0.6) is 0 Å². The van der Waals surface area contributed by atoms with E-state index >= 15 is 0 Å². The van der Waals surface area contributed by atoms with E-state index in [2.05, 4.69) is 36.2 Å². The standard InChI is InChI=1S/C16H15N9O2S3/c17-10-6-18-25-13(10)21-23-15(25)28-7-12(27)20-14-22-24-16(30-14)29-8-11(26)19-9-4-2-1-3-5-9/h1-6,15H,7-8,17H2,(H,19,26)(H,20,22,27)/t15-/m0/s1. The van der Waals surface area contributed by atoms with Crippen LogP contribution in [0, 0.1) is 0 Å². The van der Waals surface area contributed by atoms with Gasteiger partial charge >= 0.3 is 0 Å². The third-order valence-electron chi connectivity index (χ3n) is 3.66. The number of carbonyl (C=O) groups excluding carboxylic acids is 2. The summed E-state index contributed by atoms with van der Waals surface area (Å²) in [6.07, 6.45) is 1.50. The highest BCUT2D eigenvalue weighted by molar-refractivity contribution is 8.01. The molecule has 1 atom stereocenters. The molecule has 0 unspecified atom stereocenters. The number of para-hydroxylation sites is 1. The van der Waals surface area contributed by atoms with Gasteiger partial charge in [0.05, 0.1) is 23.4 Å². The predicted molar refractivity (Wildman–Crippen MR) is 117 cm³/mol. The van der Waals surface area contributed by atoms with Gasteiger partial charge in [0, 0.05) is 5.69 Å². The highest BCUT2D eigenvalue weighted by Crippen LogP contribution is 2.38. The Kier molecular flexibility index (Phi) is 6.25. The minimum absolute atomic E-state index is 0.129. The number of fused-ring (bicyclic) bond motifs is 1. The number of nitrogen functional groups attached to an aromatic ring is 1. The monoisotopic (exact) mass is 461 g/mol. The molecule has 1 aliphatic rings. The zero-order valence-electron chi connectivity index (χ0n) is 15.3. The number of azo groups is 1. The molecular weight excluding hydrogens is 446 g/mol. The van der Waals surface area contributed by atoms with Gasteiger partial charge in [-0.25, -0.2) is 4.68 Å². The summed E-state index contributed by atoms with van der Waals surface area (Å²) in [5.41, 5.74) is 6.49. The maximum Gasteiger partial charge on any atom is 0.236 e. The molecule has 4 rings (SSSR count). The average Bonchev–Trinajstić information content (AvgIpc) is 3.44. The number of nitrogens with two attached hydrogens (primary N) is 1. The van der Waals surface area contributed by atoms with Crippen molar-refractivity contribution in [3.8, 4) is 0 Å². The van der Waals surface area contributed by atoms with Crippen LogP contribution in [0.25, 0.3) is 0 Å². The van der Waals surface area contributed by atoms with Gasteiger partial charge in [-0.3, -0.25) is 14.9 Å². The number of amides is 2. The SMILES string of the molecule is Nc1cnn2c1N=N[C@@H]2SCC(=O)Nc1nnc(SCC(=O)Nc2ccccc2)s1. The van der Waals surface area contributed by atoms with Crippen LogP contribution in [0.4, 0.5) is 22.3 Å². The zero-order chi connectivity index (χ0) is 20.9. The Labute approximate surface area is 182 Å². The lowest BCUT2D eigenvalue weighted by Crippen LogP contribution is -2.15. The number of carbonyl (C=O) groups is 2. The van der Waals surface area contributed by atoms with E-state index in [1.807, 2.05) is 30.3 Å². The molecule has 0 aliphatic carbocycles. The van der Waals surface area contributed by atoms with Gasteiger partial charge in [0.15, 0.2) is 10.2 Å². The maximum absolute atomic E-state index is 12.2. The topological polar surface area (TPSA) is 153 Å². The summed E-state index contributed by atoms with van der Waals surface area (Å²) >= 11 is 3.71. The molecule has 3 aromatic rings. The second-order valence-electron chi connectivity index (χ2n) is 5.85. The van der Waals surface area contributed by atoms with E-state index in [-0.39, 0.29) is 23.3 Å². The summed E-state index contributed by atoms with van der Waals surface area (Å²) < 4.78 is 2.15. The van der Waals surface area contributed by atoms with Crippen molar-refractivity contribution in [1.82, 2.24) is 20.0 Å². The van der Waals surface area contributed by atoms with Crippen LogP contribution < -0.4 is 16.4 Å². The van der Waals surface area contributed by atoms with Crippen molar-refractivity contribution < 1.29 is 9.59 Å². The molecular formula is C16H15N9O2S3. The zero-order valence-corrected chi connectivity index (χ0v) is 17.7. The first-order chi connectivity index (χ1) is 14.6. The van der Waals surface area contributed by atoms with Crippen molar-refractivity contribution in [2.45, 2.75) is 9.84 Å². The van der Waals surface area contributed by atoms with E-state index in [0.29, 0.717) is 21.0 Å². The molecule has 1 aliphatic heterocycles. The molecule has 0 saturated heterocycles. The lowest BCUT2D eigenvalue weighted by atomic mass is 10.3. The Balaban J connectivity index is 1.21. The first-order valence-corrected chi connectivity index (χ1v) is 11.4. The van der Waals surface area contributed by atoms with Gasteiger partial charge in [-0.15, -0.1) is 20.4 Å². The van der Waals surface area contributed by atoms with Crippen molar-refractivity contribution in [1.29, 1.82) is 0 Å². The van der Waals surface area contributed by atoms with Crippen molar-refractivity contribution in [2.75, 3.05) is 27.9 Å². The van der Waals surface area contributed by atoms with Crippen LogP contribution in [-0.4, -0.2) is 43.3 Å². The van der Waals surface area contributed by atoms with Gasteiger partial charge in [0.25, 0.3) is 0 Å². The van der Waals surface area contributed by atoms with Crippen molar-refractivity contribution >= 4 is 69.0 Å². The van der Waals surface area contributed by atoms with E-state index in [0.717, 1.165) is 5.69 Å².